The number of benzene rings is 2. The van der Waals surface area contributed by atoms with Gasteiger partial charge in [0.25, 0.3) is 5.91 Å². The fourth-order valence-corrected chi connectivity index (χ4v) is 4.16. The molecule has 1 aliphatic rings. The lowest BCUT2D eigenvalue weighted by Gasteiger charge is -2.13. The largest absolute Gasteiger partial charge is 0.496 e. The summed E-state index contributed by atoms with van der Waals surface area (Å²) in [4.78, 5) is 12.9. The smallest absolute Gasteiger partial charge is 0.260 e. The minimum absolute atomic E-state index is 0.231. The van der Waals surface area contributed by atoms with E-state index in [2.05, 4.69) is 10.4 Å². The number of hydrogen-bond donors (Lipinski definition) is 1. The monoisotopic (exact) mass is 385 g/mol. The number of methoxy groups -OCH3 is 1. The van der Waals surface area contributed by atoms with Crippen molar-refractivity contribution in [2.45, 2.75) is 11.5 Å². The van der Waals surface area contributed by atoms with Gasteiger partial charge in [0.05, 0.1) is 24.1 Å². The van der Waals surface area contributed by atoms with Crippen molar-refractivity contribution in [2.24, 2.45) is 0 Å². The second-order valence-electron chi connectivity index (χ2n) is 5.81. The maximum Gasteiger partial charge on any atom is 0.260 e. The summed E-state index contributed by atoms with van der Waals surface area (Å²) in [6, 6.07) is 14.6. The summed E-state index contributed by atoms with van der Waals surface area (Å²) in [5.74, 6) is 2.64. The van der Waals surface area contributed by atoms with Crippen LogP contribution in [0.1, 0.15) is 21.6 Å². The SMILES string of the molecule is COc1ccccc1C(=O)Nc1c2c(nn1-c1cccc(Cl)c1)CSC2. The van der Waals surface area contributed by atoms with Crippen molar-refractivity contribution in [1.29, 1.82) is 0 Å². The molecule has 0 fully saturated rings. The van der Waals surface area contributed by atoms with Crippen molar-refractivity contribution >= 4 is 35.1 Å². The van der Waals surface area contributed by atoms with E-state index in [0.717, 1.165) is 28.5 Å². The molecule has 0 unspecified atom stereocenters. The van der Waals surface area contributed by atoms with Gasteiger partial charge in [-0.2, -0.15) is 16.9 Å². The highest BCUT2D eigenvalue weighted by atomic mass is 35.5. The molecular formula is C19H16ClN3O2S. The van der Waals surface area contributed by atoms with E-state index in [9.17, 15) is 4.79 Å². The van der Waals surface area contributed by atoms with Crippen molar-refractivity contribution in [3.63, 3.8) is 0 Å². The number of anilines is 1. The Morgan fingerprint density at radius 2 is 2.08 bits per heavy atom. The van der Waals surface area contributed by atoms with Crippen molar-refractivity contribution in [3.05, 3.63) is 70.4 Å². The van der Waals surface area contributed by atoms with Crippen LogP contribution in [-0.4, -0.2) is 22.8 Å². The highest BCUT2D eigenvalue weighted by molar-refractivity contribution is 7.98. The molecule has 5 nitrogen and oxygen atoms in total. The first-order valence-corrected chi connectivity index (χ1v) is 9.59. The van der Waals surface area contributed by atoms with Crippen LogP contribution in [0.15, 0.2) is 48.5 Å². The molecule has 0 bridgehead atoms. The van der Waals surface area contributed by atoms with Gasteiger partial charge in [0.15, 0.2) is 0 Å². The van der Waals surface area contributed by atoms with E-state index in [4.69, 9.17) is 16.3 Å². The molecule has 26 heavy (non-hydrogen) atoms. The zero-order valence-electron chi connectivity index (χ0n) is 14.0. The molecule has 132 valence electrons. The van der Waals surface area contributed by atoms with Gasteiger partial charge in [-0.1, -0.05) is 29.8 Å². The van der Waals surface area contributed by atoms with Crippen molar-refractivity contribution in [3.8, 4) is 11.4 Å². The number of hydrogen-bond acceptors (Lipinski definition) is 4. The molecule has 2 aromatic carbocycles. The van der Waals surface area contributed by atoms with Gasteiger partial charge >= 0.3 is 0 Å². The van der Waals surface area contributed by atoms with Gasteiger partial charge in [-0.05, 0) is 30.3 Å². The number of fused-ring (bicyclic) bond motifs is 1. The number of aromatic nitrogens is 2. The van der Waals surface area contributed by atoms with Gasteiger partial charge in [0.2, 0.25) is 0 Å². The molecule has 0 aliphatic carbocycles. The summed E-state index contributed by atoms with van der Waals surface area (Å²) in [6.45, 7) is 0. The average Bonchev–Trinajstić information content (AvgIpc) is 3.24. The van der Waals surface area contributed by atoms with Crippen LogP contribution in [0.3, 0.4) is 0 Å². The molecule has 0 atom stereocenters. The molecule has 7 heteroatoms. The Kier molecular flexibility index (Phi) is 4.61. The minimum Gasteiger partial charge on any atom is -0.496 e. The van der Waals surface area contributed by atoms with E-state index >= 15 is 0 Å². The summed E-state index contributed by atoms with van der Waals surface area (Å²) in [5, 5.41) is 8.33. The lowest BCUT2D eigenvalue weighted by molar-refractivity contribution is 0.102. The number of para-hydroxylation sites is 1. The number of rotatable bonds is 4. The number of carbonyl (C=O) groups excluding carboxylic acids is 1. The van der Waals surface area contributed by atoms with Crippen LogP contribution in [-0.2, 0) is 11.5 Å². The standard InChI is InChI=1S/C19H16ClN3O2S/c1-25-17-8-3-2-7-14(17)19(24)21-18-15-10-26-11-16(15)22-23(18)13-6-4-5-12(20)9-13/h2-9H,10-11H2,1H3,(H,21,24). The molecule has 0 radical (unpaired) electrons. The molecule has 1 amide bonds. The van der Waals surface area contributed by atoms with Crippen molar-refractivity contribution in [1.82, 2.24) is 9.78 Å². The molecule has 1 aliphatic heterocycles. The first kappa shape index (κ1) is 17.0. The Bertz CT molecular complexity index is 987. The van der Waals surface area contributed by atoms with E-state index < -0.39 is 0 Å². The van der Waals surface area contributed by atoms with Crippen LogP contribution in [0.2, 0.25) is 5.02 Å². The maximum atomic E-state index is 12.9. The van der Waals surface area contributed by atoms with Gasteiger partial charge in [0.1, 0.15) is 11.6 Å². The first-order chi connectivity index (χ1) is 12.7. The van der Waals surface area contributed by atoms with E-state index in [1.165, 1.54) is 0 Å². The third-order valence-electron chi connectivity index (χ3n) is 4.19. The van der Waals surface area contributed by atoms with Crippen molar-refractivity contribution in [2.75, 3.05) is 12.4 Å². The van der Waals surface area contributed by atoms with E-state index in [1.807, 2.05) is 36.4 Å². The van der Waals surface area contributed by atoms with Crippen LogP contribution in [0.4, 0.5) is 5.82 Å². The van der Waals surface area contributed by atoms with E-state index in [0.29, 0.717) is 22.2 Å². The van der Waals surface area contributed by atoms with Crippen molar-refractivity contribution < 1.29 is 9.53 Å². The minimum atomic E-state index is -0.231. The number of carbonyl (C=O) groups is 1. The van der Waals surface area contributed by atoms with Gasteiger partial charge in [-0.15, -0.1) is 0 Å². The predicted octanol–water partition coefficient (Wildman–Crippen LogP) is 4.53. The number of halogens is 1. The van der Waals surface area contributed by atoms with Crippen LogP contribution in [0.5, 0.6) is 5.75 Å². The topological polar surface area (TPSA) is 56.1 Å². The lowest BCUT2D eigenvalue weighted by atomic mass is 10.2. The van der Waals surface area contributed by atoms with Crippen LogP contribution < -0.4 is 10.1 Å². The molecule has 3 aromatic rings. The third-order valence-corrected chi connectivity index (χ3v) is 5.39. The van der Waals surface area contributed by atoms with Gasteiger partial charge < -0.3 is 10.1 Å². The van der Waals surface area contributed by atoms with Crippen LogP contribution >= 0.6 is 23.4 Å². The Hall–Kier alpha value is -2.44. The van der Waals surface area contributed by atoms with Gasteiger partial charge in [0, 0.05) is 22.1 Å². The second kappa shape index (κ2) is 7.05. The fourth-order valence-electron chi connectivity index (χ4n) is 2.94. The predicted molar refractivity (Wildman–Crippen MR) is 105 cm³/mol. The molecule has 1 aromatic heterocycles. The molecule has 0 spiro atoms. The molecular weight excluding hydrogens is 370 g/mol. The Morgan fingerprint density at radius 3 is 2.88 bits per heavy atom. The average molecular weight is 386 g/mol. The molecule has 4 rings (SSSR count). The summed E-state index contributed by atoms with van der Waals surface area (Å²) in [5.41, 5.74) is 3.34. The highest BCUT2D eigenvalue weighted by Crippen LogP contribution is 2.36. The quantitative estimate of drug-likeness (QED) is 0.716. The second-order valence-corrected chi connectivity index (χ2v) is 7.23. The summed E-state index contributed by atoms with van der Waals surface area (Å²) < 4.78 is 7.06. The zero-order chi connectivity index (χ0) is 18.1. The zero-order valence-corrected chi connectivity index (χ0v) is 15.6. The number of ether oxygens (including phenoxy) is 1. The third kappa shape index (κ3) is 3.06. The van der Waals surface area contributed by atoms with Gasteiger partial charge in [-0.25, -0.2) is 4.68 Å². The van der Waals surface area contributed by atoms with E-state index in [-0.39, 0.29) is 5.91 Å². The maximum absolute atomic E-state index is 12.9. The Labute approximate surface area is 160 Å². The molecule has 1 N–H and O–H groups in total. The van der Waals surface area contributed by atoms with Crippen LogP contribution in [0, 0.1) is 0 Å². The molecule has 2 heterocycles. The van der Waals surface area contributed by atoms with E-state index in [1.54, 1.807) is 35.7 Å². The number of nitrogens with zero attached hydrogens (tertiary/aromatic N) is 2. The summed E-state index contributed by atoms with van der Waals surface area (Å²) >= 11 is 7.92. The lowest BCUT2D eigenvalue weighted by Crippen LogP contribution is -2.17. The van der Waals surface area contributed by atoms with Crippen LogP contribution in [0.25, 0.3) is 5.69 Å². The number of nitrogens with one attached hydrogen (secondary N) is 1. The molecule has 0 saturated heterocycles. The number of thioether (sulfide) groups is 1. The highest BCUT2D eigenvalue weighted by Gasteiger charge is 2.25. The van der Waals surface area contributed by atoms with Gasteiger partial charge in [-0.3, -0.25) is 4.79 Å². The fraction of sp³-hybridized carbons (Fsp3) is 0.158. The molecule has 0 saturated carbocycles. The Morgan fingerprint density at radius 1 is 1.23 bits per heavy atom. The first-order valence-electron chi connectivity index (χ1n) is 8.06. The Balaban J connectivity index is 1.75. The normalized spacial score (nSPS) is 12.7. The number of amides is 1. The summed E-state index contributed by atoms with van der Waals surface area (Å²) in [7, 11) is 1.55. The summed E-state index contributed by atoms with van der Waals surface area (Å²) in [6.07, 6.45) is 0.